The molecule has 0 saturated carbocycles. The SMILES string of the molecule is CCOC(=O)c1cn([C@H](CO[Si](C)(C)C(C)(C)C)C(C)(C)C)c2ccc(Cc3cc(NC(=O)OC(C)(C)C)cc(Cl)c3F)cc2c1=O. The number of halogens is 2. The number of fused-ring (bicyclic) bond motifs is 1. The van der Waals surface area contributed by atoms with Crippen molar-refractivity contribution in [1.29, 1.82) is 0 Å². The molecular weight excluding hydrogens is 639 g/mol. The molecule has 1 atom stereocenters. The number of hydrogen-bond acceptors (Lipinski definition) is 6. The third-order valence-electron chi connectivity index (χ3n) is 8.48. The first-order chi connectivity index (χ1) is 21.4. The molecule has 0 aliphatic rings. The second-order valence-corrected chi connectivity index (χ2v) is 20.8. The molecule has 1 amide bonds. The van der Waals surface area contributed by atoms with E-state index >= 15 is 4.39 Å². The molecule has 1 N–H and O–H groups in total. The molecule has 3 rings (SSSR count). The van der Waals surface area contributed by atoms with Crippen molar-refractivity contribution in [3.05, 3.63) is 74.3 Å². The van der Waals surface area contributed by atoms with Crippen molar-refractivity contribution in [3.8, 4) is 0 Å². The molecule has 0 unspecified atom stereocenters. The summed E-state index contributed by atoms with van der Waals surface area (Å²) in [5, 5.41) is 2.72. The zero-order valence-corrected chi connectivity index (χ0v) is 31.6. The highest BCUT2D eigenvalue weighted by molar-refractivity contribution is 6.74. The average Bonchev–Trinajstić information content (AvgIpc) is 2.90. The molecule has 3 aromatic rings. The number of nitrogens with zero attached hydrogens (tertiary/aromatic N) is 1. The maximum Gasteiger partial charge on any atom is 0.412 e. The topological polar surface area (TPSA) is 95.9 Å². The predicted octanol–water partition coefficient (Wildman–Crippen LogP) is 9.52. The Hall–Kier alpha value is -3.21. The van der Waals surface area contributed by atoms with Crippen molar-refractivity contribution >= 4 is 48.6 Å². The Morgan fingerprint density at radius 2 is 1.66 bits per heavy atom. The highest BCUT2D eigenvalue weighted by Crippen LogP contribution is 2.40. The number of hydrogen-bond donors (Lipinski definition) is 1. The van der Waals surface area contributed by atoms with Crippen molar-refractivity contribution in [2.45, 2.75) is 105 Å². The fourth-order valence-electron chi connectivity index (χ4n) is 4.86. The van der Waals surface area contributed by atoms with Crippen LogP contribution in [0.3, 0.4) is 0 Å². The second kappa shape index (κ2) is 14.1. The predicted molar refractivity (Wildman–Crippen MR) is 190 cm³/mol. The number of amides is 1. The minimum absolute atomic E-state index is 0.00998. The Labute approximate surface area is 284 Å². The zero-order valence-electron chi connectivity index (χ0n) is 29.8. The molecule has 0 fully saturated rings. The van der Waals surface area contributed by atoms with Gasteiger partial charge in [-0.2, -0.15) is 0 Å². The number of carbonyl (C=O) groups is 2. The third-order valence-corrected chi connectivity index (χ3v) is 13.3. The maximum atomic E-state index is 15.3. The first-order valence-corrected chi connectivity index (χ1v) is 19.2. The van der Waals surface area contributed by atoms with Gasteiger partial charge in [-0.25, -0.2) is 14.0 Å². The van der Waals surface area contributed by atoms with Gasteiger partial charge in [0.2, 0.25) is 5.43 Å². The maximum absolute atomic E-state index is 15.3. The van der Waals surface area contributed by atoms with Crippen LogP contribution in [0.15, 0.2) is 41.3 Å². The molecule has 0 aliphatic carbocycles. The normalized spacial score (nSPS) is 13.4. The van der Waals surface area contributed by atoms with Crippen LogP contribution in [0.25, 0.3) is 10.9 Å². The number of carbonyl (C=O) groups excluding carboxylic acids is 2. The van der Waals surface area contributed by atoms with Gasteiger partial charge in [0.25, 0.3) is 0 Å². The average molecular weight is 689 g/mol. The number of anilines is 1. The summed E-state index contributed by atoms with van der Waals surface area (Å²) in [7, 11) is -2.14. The summed E-state index contributed by atoms with van der Waals surface area (Å²) >= 11 is 6.21. The number of aromatic nitrogens is 1. The molecule has 11 heteroatoms. The van der Waals surface area contributed by atoms with Crippen LogP contribution in [-0.2, 0) is 20.3 Å². The number of pyridine rings is 1. The van der Waals surface area contributed by atoms with E-state index in [4.69, 9.17) is 25.5 Å². The Morgan fingerprint density at radius 1 is 1.02 bits per heavy atom. The van der Waals surface area contributed by atoms with E-state index in [1.54, 1.807) is 40.0 Å². The Balaban J connectivity index is 2.16. The molecule has 2 aromatic carbocycles. The summed E-state index contributed by atoms with van der Waals surface area (Å²) in [6, 6.07) is 7.86. The van der Waals surface area contributed by atoms with Gasteiger partial charge in [-0.05, 0) is 86.6 Å². The fraction of sp³-hybridized carbons (Fsp3) is 0.528. The van der Waals surface area contributed by atoms with Crippen LogP contribution in [0.4, 0.5) is 14.9 Å². The summed E-state index contributed by atoms with van der Waals surface area (Å²) in [5.74, 6) is -1.36. The van der Waals surface area contributed by atoms with E-state index in [-0.39, 0.29) is 51.4 Å². The minimum Gasteiger partial charge on any atom is -0.462 e. The van der Waals surface area contributed by atoms with Gasteiger partial charge in [-0.3, -0.25) is 10.1 Å². The lowest BCUT2D eigenvalue weighted by Crippen LogP contribution is -2.43. The molecule has 47 heavy (non-hydrogen) atoms. The smallest absolute Gasteiger partial charge is 0.412 e. The van der Waals surface area contributed by atoms with Gasteiger partial charge in [0.1, 0.15) is 17.0 Å². The minimum atomic E-state index is -2.14. The fourth-order valence-corrected chi connectivity index (χ4v) is 6.11. The second-order valence-electron chi connectivity index (χ2n) is 15.5. The molecule has 0 spiro atoms. The summed E-state index contributed by atoms with van der Waals surface area (Å²) < 4.78 is 34.5. The summed E-state index contributed by atoms with van der Waals surface area (Å²) in [6.45, 7) is 24.6. The number of benzene rings is 2. The van der Waals surface area contributed by atoms with Crippen LogP contribution in [-0.4, -0.2) is 43.8 Å². The highest BCUT2D eigenvalue weighted by atomic mass is 35.5. The number of ether oxygens (including phenoxy) is 2. The number of nitrogens with one attached hydrogen (secondary N) is 1. The molecule has 0 saturated heterocycles. The lowest BCUT2D eigenvalue weighted by atomic mass is 9.86. The number of esters is 1. The van der Waals surface area contributed by atoms with E-state index in [2.05, 4.69) is 60.0 Å². The molecule has 1 aromatic heterocycles. The zero-order chi connectivity index (χ0) is 35.7. The van der Waals surface area contributed by atoms with Gasteiger partial charge in [-0.1, -0.05) is 59.2 Å². The van der Waals surface area contributed by atoms with E-state index in [0.29, 0.717) is 23.1 Å². The summed E-state index contributed by atoms with van der Waals surface area (Å²) in [4.78, 5) is 39.3. The largest absolute Gasteiger partial charge is 0.462 e. The molecule has 0 aliphatic heterocycles. The Kier molecular flexibility index (Phi) is 11.5. The summed E-state index contributed by atoms with van der Waals surface area (Å²) in [6.07, 6.45) is 0.944. The quantitative estimate of drug-likeness (QED) is 0.178. The summed E-state index contributed by atoms with van der Waals surface area (Å²) in [5.41, 5.74) is 0.0874. The van der Waals surface area contributed by atoms with Crippen LogP contribution in [0.1, 0.15) is 96.8 Å². The first kappa shape index (κ1) is 38.2. The third kappa shape index (κ3) is 9.45. The Morgan fingerprint density at radius 3 is 2.21 bits per heavy atom. The van der Waals surface area contributed by atoms with Crippen LogP contribution in [0, 0.1) is 11.2 Å². The first-order valence-electron chi connectivity index (χ1n) is 15.9. The van der Waals surface area contributed by atoms with Crippen molar-refractivity contribution < 1.29 is 27.9 Å². The van der Waals surface area contributed by atoms with Gasteiger partial charge in [0.15, 0.2) is 8.32 Å². The standard InChI is InChI=1S/C36H50ClFN2O6Si/c1-13-44-32(42)26-20-40(29(34(2,3)4)21-45-47(11,12)36(8,9)10)28-15-14-22(17-25(28)31(26)41)16-23-18-24(19-27(37)30(23)38)39-33(43)46-35(5,6)7/h14-15,17-20,29H,13,16,21H2,1-12H3,(H,39,43)/t29-/m1/s1. The van der Waals surface area contributed by atoms with Crippen LogP contribution < -0.4 is 10.7 Å². The van der Waals surface area contributed by atoms with E-state index in [0.717, 1.165) is 0 Å². The van der Waals surface area contributed by atoms with Gasteiger partial charge < -0.3 is 18.5 Å². The van der Waals surface area contributed by atoms with Crippen molar-refractivity contribution in [3.63, 3.8) is 0 Å². The van der Waals surface area contributed by atoms with E-state index in [1.165, 1.54) is 12.1 Å². The lowest BCUT2D eigenvalue weighted by Gasteiger charge is -2.40. The lowest BCUT2D eigenvalue weighted by molar-refractivity contribution is 0.0521. The van der Waals surface area contributed by atoms with Crippen molar-refractivity contribution in [1.82, 2.24) is 4.57 Å². The van der Waals surface area contributed by atoms with Crippen LogP contribution in [0.2, 0.25) is 23.2 Å². The Bertz CT molecular complexity index is 1700. The van der Waals surface area contributed by atoms with E-state index < -0.39 is 37.2 Å². The highest BCUT2D eigenvalue weighted by Gasteiger charge is 2.39. The molecule has 0 radical (unpaired) electrons. The van der Waals surface area contributed by atoms with Gasteiger partial charge in [0, 0.05) is 23.7 Å². The van der Waals surface area contributed by atoms with Gasteiger partial charge in [-0.15, -0.1) is 0 Å². The molecule has 0 bridgehead atoms. The van der Waals surface area contributed by atoms with Crippen LogP contribution in [0.5, 0.6) is 0 Å². The van der Waals surface area contributed by atoms with E-state index in [1.807, 2.05) is 16.7 Å². The molecular formula is C36H50ClFN2O6Si. The van der Waals surface area contributed by atoms with Crippen molar-refractivity contribution in [2.75, 3.05) is 18.5 Å². The van der Waals surface area contributed by atoms with Gasteiger partial charge >= 0.3 is 12.1 Å². The van der Waals surface area contributed by atoms with Crippen molar-refractivity contribution in [2.24, 2.45) is 5.41 Å². The molecule has 8 nitrogen and oxygen atoms in total. The monoisotopic (exact) mass is 688 g/mol. The van der Waals surface area contributed by atoms with Gasteiger partial charge in [0.05, 0.1) is 29.8 Å². The van der Waals surface area contributed by atoms with E-state index in [9.17, 15) is 14.4 Å². The van der Waals surface area contributed by atoms with Crippen LogP contribution >= 0.6 is 11.6 Å². The number of rotatable bonds is 9. The molecule has 258 valence electrons. The molecule has 1 heterocycles.